The molecular formula is C20H23BrN2O4. The monoisotopic (exact) mass is 434 g/mol. The molecule has 1 aliphatic rings. The third kappa shape index (κ3) is 4.91. The molecule has 0 aliphatic carbocycles. The molecule has 0 radical (unpaired) electrons. The average Bonchev–Trinajstić information content (AvgIpc) is 3.13. The van der Waals surface area contributed by atoms with E-state index in [0.29, 0.717) is 49.2 Å². The van der Waals surface area contributed by atoms with E-state index in [4.69, 9.17) is 14.2 Å². The lowest BCUT2D eigenvalue weighted by Crippen LogP contribution is -2.31. The van der Waals surface area contributed by atoms with Gasteiger partial charge in [-0.15, -0.1) is 0 Å². The maximum Gasteiger partial charge on any atom is 0.254 e. The fourth-order valence-electron chi connectivity index (χ4n) is 2.98. The van der Waals surface area contributed by atoms with Gasteiger partial charge in [-0.3, -0.25) is 4.79 Å². The molecule has 3 rings (SSSR count). The molecule has 144 valence electrons. The third-order valence-electron chi connectivity index (χ3n) is 4.21. The normalized spacial score (nSPS) is 16.3. The molecule has 1 fully saturated rings. The van der Waals surface area contributed by atoms with E-state index in [1.807, 2.05) is 26.0 Å². The van der Waals surface area contributed by atoms with E-state index in [2.05, 4.69) is 20.9 Å². The van der Waals surface area contributed by atoms with E-state index in [9.17, 15) is 4.79 Å². The van der Waals surface area contributed by atoms with Crippen LogP contribution in [0.15, 0.2) is 41.0 Å². The fraction of sp³-hybridized carbons (Fsp3) is 0.400. The van der Waals surface area contributed by atoms with Gasteiger partial charge in [0, 0.05) is 35.3 Å². The first-order valence-electron chi connectivity index (χ1n) is 9.07. The molecule has 7 heteroatoms. The smallest absolute Gasteiger partial charge is 0.254 e. The number of nitrogens with zero attached hydrogens (tertiary/aromatic N) is 2. The summed E-state index contributed by atoms with van der Waals surface area (Å²) in [4.78, 5) is 18.9. The maximum atomic E-state index is 12.9. The summed E-state index contributed by atoms with van der Waals surface area (Å²) in [5.74, 6) is 1.78. The van der Waals surface area contributed by atoms with Gasteiger partial charge in [0.2, 0.25) is 5.88 Å². The first-order chi connectivity index (χ1) is 13.1. The molecule has 1 aliphatic heterocycles. The number of ether oxygens (including phenoxy) is 3. The maximum absolute atomic E-state index is 12.9. The quantitative estimate of drug-likeness (QED) is 0.660. The van der Waals surface area contributed by atoms with Crippen molar-refractivity contribution in [2.75, 3.05) is 26.3 Å². The number of benzene rings is 1. The zero-order valence-corrected chi connectivity index (χ0v) is 17.1. The molecule has 0 bridgehead atoms. The molecule has 0 N–H and O–H groups in total. The minimum absolute atomic E-state index is 0.0335. The summed E-state index contributed by atoms with van der Waals surface area (Å²) in [6, 6.07) is 9.02. The topological polar surface area (TPSA) is 60.9 Å². The number of hydrogen-bond acceptors (Lipinski definition) is 5. The van der Waals surface area contributed by atoms with Crippen molar-refractivity contribution in [1.82, 2.24) is 9.88 Å². The zero-order valence-electron chi connectivity index (χ0n) is 15.5. The van der Waals surface area contributed by atoms with E-state index >= 15 is 0 Å². The summed E-state index contributed by atoms with van der Waals surface area (Å²) in [6.45, 7) is 6.06. The van der Waals surface area contributed by atoms with Crippen molar-refractivity contribution in [2.45, 2.75) is 26.4 Å². The van der Waals surface area contributed by atoms with Gasteiger partial charge in [0.25, 0.3) is 5.91 Å². The highest BCUT2D eigenvalue weighted by atomic mass is 79.9. The zero-order chi connectivity index (χ0) is 19.2. The molecule has 0 saturated carbocycles. The first-order valence-corrected chi connectivity index (χ1v) is 9.87. The van der Waals surface area contributed by atoms with Crippen LogP contribution in [-0.2, 0) is 0 Å². The number of likely N-dealkylation sites (tertiary alicyclic amines) is 1. The first kappa shape index (κ1) is 19.5. The van der Waals surface area contributed by atoms with Crippen molar-refractivity contribution in [3.63, 3.8) is 0 Å². The van der Waals surface area contributed by atoms with Crippen molar-refractivity contribution < 1.29 is 19.0 Å². The van der Waals surface area contributed by atoms with E-state index in [-0.39, 0.29) is 12.0 Å². The predicted molar refractivity (Wildman–Crippen MR) is 106 cm³/mol. The number of amides is 1. The lowest BCUT2D eigenvalue weighted by molar-refractivity contribution is 0.0770. The van der Waals surface area contributed by atoms with E-state index in [1.165, 1.54) is 0 Å². The van der Waals surface area contributed by atoms with Crippen LogP contribution in [0.2, 0.25) is 0 Å². The molecule has 2 heterocycles. The summed E-state index contributed by atoms with van der Waals surface area (Å²) >= 11 is 3.35. The summed E-state index contributed by atoms with van der Waals surface area (Å²) < 4.78 is 18.0. The summed E-state index contributed by atoms with van der Waals surface area (Å²) in [7, 11) is 0. The summed E-state index contributed by atoms with van der Waals surface area (Å²) in [6.07, 6.45) is 2.41. The molecule has 1 aromatic heterocycles. The minimum Gasteiger partial charge on any atom is -0.490 e. The van der Waals surface area contributed by atoms with E-state index in [1.54, 1.807) is 29.3 Å². The van der Waals surface area contributed by atoms with Gasteiger partial charge in [0.1, 0.15) is 6.10 Å². The Labute approximate surface area is 167 Å². The van der Waals surface area contributed by atoms with Crippen LogP contribution in [0, 0.1) is 0 Å². The van der Waals surface area contributed by atoms with Crippen LogP contribution < -0.4 is 14.2 Å². The number of carbonyl (C=O) groups excluding carboxylic acids is 1. The van der Waals surface area contributed by atoms with Crippen LogP contribution in [0.4, 0.5) is 0 Å². The second-order valence-electron chi connectivity index (χ2n) is 6.12. The van der Waals surface area contributed by atoms with Crippen LogP contribution in [0.5, 0.6) is 17.4 Å². The van der Waals surface area contributed by atoms with Gasteiger partial charge in [-0.2, -0.15) is 0 Å². The number of pyridine rings is 1. The summed E-state index contributed by atoms with van der Waals surface area (Å²) in [5, 5.41) is 0. The van der Waals surface area contributed by atoms with Crippen LogP contribution in [0.3, 0.4) is 0 Å². The standard InChI is InChI=1S/C20H23BrN2O4/c1-3-25-17-7-5-14(11-18(17)26-4-2)20(24)23-10-9-16(13-23)27-19-8-6-15(21)12-22-19/h5-8,11-12,16H,3-4,9-10,13H2,1-2H3. The van der Waals surface area contributed by atoms with Crippen molar-refractivity contribution in [2.24, 2.45) is 0 Å². The van der Waals surface area contributed by atoms with E-state index in [0.717, 1.165) is 10.9 Å². The largest absolute Gasteiger partial charge is 0.490 e. The highest BCUT2D eigenvalue weighted by molar-refractivity contribution is 9.10. The molecule has 6 nitrogen and oxygen atoms in total. The molecule has 1 atom stereocenters. The highest BCUT2D eigenvalue weighted by Crippen LogP contribution is 2.29. The molecule has 1 saturated heterocycles. The Morgan fingerprint density at radius 3 is 2.67 bits per heavy atom. The third-order valence-corrected chi connectivity index (χ3v) is 4.68. The SMILES string of the molecule is CCOc1ccc(C(=O)N2CCC(Oc3ccc(Br)cn3)C2)cc1OCC. The molecule has 1 amide bonds. The van der Waals surface area contributed by atoms with Gasteiger partial charge >= 0.3 is 0 Å². The lowest BCUT2D eigenvalue weighted by Gasteiger charge is -2.18. The predicted octanol–water partition coefficient (Wildman–Crippen LogP) is 3.94. The minimum atomic E-state index is -0.0586. The number of halogens is 1. The Morgan fingerprint density at radius 1 is 1.19 bits per heavy atom. The molecule has 27 heavy (non-hydrogen) atoms. The number of carbonyl (C=O) groups is 1. The Balaban J connectivity index is 1.65. The lowest BCUT2D eigenvalue weighted by atomic mass is 10.1. The van der Waals surface area contributed by atoms with Crippen molar-refractivity contribution >= 4 is 21.8 Å². The van der Waals surface area contributed by atoms with Crippen LogP contribution in [0.1, 0.15) is 30.6 Å². The van der Waals surface area contributed by atoms with Crippen molar-refractivity contribution in [3.8, 4) is 17.4 Å². The Morgan fingerprint density at radius 2 is 1.96 bits per heavy atom. The Kier molecular flexibility index (Phi) is 6.55. The number of rotatable bonds is 7. The second kappa shape index (κ2) is 9.08. The van der Waals surface area contributed by atoms with Crippen molar-refractivity contribution in [1.29, 1.82) is 0 Å². The van der Waals surface area contributed by atoms with E-state index < -0.39 is 0 Å². The van der Waals surface area contributed by atoms with Gasteiger partial charge < -0.3 is 19.1 Å². The molecule has 0 spiro atoms. The number of aromatic nitrogens is 1. The van der Waals surface area contributed by atoms with Gasteiger partial charge in [-0.1, -0.05) is 0 Å². The van der Waals surface area contributed by atoms with Crippen LogP contribution in [0.25, 0.3) is 0 Å². The Hall–Kier alpha value is -2.28. The van der Waals surface area contributed by atoms with Crippen LogP contribution in [-0.4, -0.2) is 48.2 Å². The highest BCUT2D eigenvalue weighted by Gasteiger charge is 2.29. The summed E-state index contributed by atoms with van der Waals surface area (Å²) in [5.41, 5.74) is 0.587. The molecule has 2 aromatic rings. The average molecular weight is 435 g/mol. The van der Waals surface area contributed by atoms with Gasteiger partial charge in [0.05, 0.1) is 19.8 Å². The second-order valence-corrected chi connectivity index (χ2v) is 7.04. The Bertz CT molecular complexity index is 782. The van der Waals surface area contributed by atoms with Crippen LogP contribution >= 0.6 is 15.9 Å². The molecule has 1 unspecified atom stereocenters. The fourth-order valence-corrected chi connectivity index (χ4v) is 3.21. The van der Waals surface area contributed by atoms with Gasteiger partial charge in [-0.25, -0.2) is 4.98 Å². The van der Waals surface area contributed by atoms with Gasteiger partial charge in [0.15, 0.2) is 11.5 Å². The molecular weight excluding hydrogens is 412 g/mol. The molecule has 1 aromatic carbocycles. The number of hydrogen-bond donors (Lipinski definition) is 0. The van der Waals surface area contributed by atoms with Crippen molar-refractivity contribution in [3.05, 3.63) is 46.6 Å². The van der Waals surface area contributed by atoms with Gasteiger partial charge in [-0.05, 0) is 54.0 Å².